The number of aromatic nitrogens is 3. The lowest BCUT2D eigenvalue weighted by molar-refractivity contribution is 0.938. The first kappa shape index (κ1) is 12.8. The molecular weight excluding hydrogens is 272 g/mol. The van der Waals surface area contributed by atoms with Crippen molar-refractivity contribution in [2.45, 2.75) is 6.92 Å². The van der Waals surface area contributed by atoms with Crippen molar-refractivity contribution >= 4 is 22.2 Å². The van der Waals surface area contributed by atoms with Gasteiger partial charge in [-0.15, -0.1) is 0 Å². The van der Waals surface area contributed by atoms with Crippen LogP contribution in [0.3, 0.4) is 0 Å². The summed E-state index contributed by atoms with van der Waals surface area (Å²) in [5.74, 6) is 0.939. The Morgan fingerprint density at radius 2 is 1.82 bits per heavy atom. The lowest BCUT2D eigenvalue weighted by Crippen LogP contribution is -2.01. The van der Waals surface area contributed by atoms with Crippen molar-refractivity contribution in [2.24, 2.45) is 0 Å². The molecular formula is C18H16N4. The normalized spacial score (nSPS) is 11.2. The third-order valence-corrected chi connectivity index (χ3v) is 3.88. The highest BCUT2D eigenvalue weighted by Crippen LogP contribution is 2.28. The fourth-order valence-electron chi connectivity index (χ4n) is 2.86. The van der Waals surface area contributed by atoms with Gasteiger partial charge in [-0.3, -0.25) is 0 Å². The maximum atomic E-state index is 4.74. The molecule has 0 radical (unpaired) electrons. The molecule has 1 N–H and O–H groups in total. The Bertz CT molecular complexity index is 980. The van der Waals surface area contributed by atoms with E-state index in [-0.39, 0.29) is 0 Å². The highest BCUT2D eigenvalue weighted by Gasteiger charge is 2.11. The van der Waals surface area contributed by atoms with Crippen molar-refractivity contribution in [1.29, 1.82) is 0 Å². The molecule has 4 rings (SSSR count). The molecule has 0 saturated carbocycles. The smallest absolute Gasteiger partial charge is 0.158 e. The highest BCUT2D eigenvalue weighted by atomic mass is 15.3. The van der Waals surface area contributed by atoms with Gasteiger partial charge in [-0.2, -0.15) is 9.61 Å². The van der Waals surface area contributed by atoms with E-state index in [4.69, 9.17) is 5.10 Å². The molecule has 0 fully saturated rings. The summed E-state index contributed by atoms with van der Waals surface area (Å²) >= 11 is 0. The fraction of sp³-hybridized carbons (Fsp3) is 0.111. The van der Waals surface area contributed by atoms with Crippen LogP contribution >= 0.6 is 0 Å². The Kier molecular flexibility index (Phi) is 2.82. The number of nitrogens with zero attached hydrogens (tertiary/aromatic N) is 3. The second-order valence-electron chi connectivity index (χ2n) is 5.36. The Morgan fingerprint density at radius 3 is 2.68 bits per heavy atom. The molecule has 0 amide bonds. The van der Waals surface area contributed by atoms with Crippen LogP contribution < -0.4 is 5.32 Å². The molecule has 2 aromatic heterocycles. The van der Waals surface area contributed by atoms with Crippen molar-refractivity contribution < 1.29 is 0 Å². The second kappa shape index (κ2) is 4.84. The van der Waals surface area contributed by atoms with Gasteiger partial charge >= 0.3 is 0 Å². The molecule has 2 heterocycles. The predicted octanol–water partition coefficient (Wildman–Crippen LogP) is 3.90. The lowest BCUT2D eigenvalue weighted by Gasteiger charge is -2.04. The number of hydrogen-bond acceptors (Lipinski definition) is 3. The highest BCUT2D eigenvalue weighted by molar-refractivity contribution is 5.96. The van der Waals surface area contributed by atoms with E-state index in [1.807, 2.05) is 30.6 Å². The molecule has 0 spiro atoms. The summed E-state index contributed by atoms with van der Waals surface area (Å²) in [6.07, 6.45) is 0. The maximum Gasteiger partial charge on any atom is 0.158 e. The summed E-state index contributed by atoms with van der Waals surface area (Å²) in [4.78, 5) is 4.57. The van der Waals surface area contributed by atoms with Crippen LogP contribution in [0.15, 0.2) is 54.6 Å². The first-order valence-corrected chi connectivity index (χ1v) is 7.29. The van der Waals surface area contributed by atoms with Gasteiger partial charge in [0.05, 0.1) is 5.69 Å². The molecule has 0 aliphatic heterocycles. The number of fused-ring (bicyclic) bond motifs is 2. The Labute approximate surface area is 128 Å². The van der Waals surface area contributed by atoms with Gasteiger partial charge in [0.15, 0.2) is 5.65 Å². The van der Waals surface area contributed by atoms with Crippen LogP contribution in [0, 0.1) is 6.92 Å². The Morgan fingerprint density at radius 1 is 1.00 bits per heavy atom. The van der Waals surface area contributed by atoms with E-state index in [0.717, 1.165) is 28.4 Å². The van der Waals surface area contributed by atoms with Gasteiger partial charge in [-0.25, -0.2) is 4.98 Å². The number of aryl methyl sites for hydroxylation is 1. The van der Waals surface area contributed by atoms with Crippen LogP contribution in [0.4, 0.5) is 5.82 Å². The van der Waals surface area contributed by atoms with Gasteiger partial charge in [0.2, 0.25) is 0 Å². The summed E-state index contributed by atoms with van der Waals surface area (Å²) < 4.78 is 1.85. The van der Waals surface area contributed by atoms with E-state index in [1.54, 1.807) is 0 Å². The van der Waals surface area contributed by atoms with Crippen LogP contribution in [-0.4, -0.2) is 21.6 Å². The van der Waals surface area contributed by atoms with Crippen LogP contribution in [0.5, 0.6) is 0 Å². The Balaban J connectivity index is 2.01. The van der Waals surface area contributed by atoms with Gasteiger partial charge in [0.1, 0.15) is 5.82 Å². The zero-order valence-electron chi connectivity index (χ0n) is 12.5. The zero-order valence-corrected chi connectivity index (χ0v) is 12.5. The fourth-order valence-corrected chi connectivity index (χ4v) is 2.86. The number of anilines is 1. The minimum Gasteiger partial charge on any atom is -0.373 e. The van der Waals surface area contributed by atoms with E-state index in [0.29, 0.717) is 0 Å². The summed E-state index contributed by atoms with van der Waals surface area (Å²) in [5.41, 5.74) is 3.89. The van der Waals surface area contributed by atoms with Gasteiger partial charge in [0.25, 0.3) is 0 Å². The van der Waals surface area contributed by atoms with Crippen LogP contribution in [0.25, 0.3) is 27.7 Å². The van der Waals surface area contributed by atoms with Gasteiger partial charge in [-0.05, 0) is 17.7 Å². The summed E-state index contributed by atoms with van der Waals surface area (Å²) in [6, 6.07) is 18.7. The van der Waals surface area contributed by atoms with E-state index in [9.17, 15) is 0 Å². The number of nitrogens with one attached hydrogen (secondary N) is 1. The van der Waals surface area contributed by atoms with Crippen LogP contribution in [0.2, 0.25) is 0 Å². The average molecular weight is 288 g/mol. The minimum atomic E-state index is 0.854. The van der Waals surface area contributed by atoms with Gasteiger partial charge in [0, 0.05) is 30.4 Å². The average Bonchev–Trinajstić information content (AvgIpc) is 2.97. The lowest BCUT2D eigenvalue weighted by atomic mass is 10.0. The quantitative estimate of drug-likeness (QED) is 0.608. The predicted molar refractivity (Wildman–Crippen MR) is 90.2 cm³/mol. The molecule has 0 bridgehead atoms. The number of rotatable bonds is 2. The molecule has 0 atom stereocenters. The standard InChI is InChI=1S/C18H16N4/c1-12-10-17(19-2)22-18(20-12)11-16(21-22)15-9-5-7-13-6-3-4-8-14(13)15/h3-11,19H,1-2H3. The molecule has 4 heteroatoms. The maximum absolute atomic E-state index is 4.74. The van der Waals surface area contributed by atoms with Crippen LogP contribution in [-0.2, 0) is 0 Å². The summed E-state index contributed by atoms with van der Waals surface area (Å²) in [6.45, 7) is 1.99. The van der Waals surface area contributed by atoms with Crippen molar-refractivity contribution in [2.75, 3.05) is 12.4 Å². The SMILES string of the molecule is CNc1cc(C)nc2cc(-c3cccc4ccccc34)nn12. The monoisotopic (exact) mass is 288 g/mol. The van der Waals surface area contributed by atoms with Gasteiger partial charge in [-0.1, -0.05) is 42.5 Å². The first-order valence-electron chi connectivity index (χ1n) is 7.29. The second-order valence-corrected chi connectivity index (χ2v) is 5.36. The summed E-state index contributed by atoms with van der Waals surface area (Å²) in [5, 5.41) is 10.3. The largest absolute Gasteiger partial charge is 0.373 e. The number of hydrogen-bond donors (Lipinski definition) is 1. The third kappa shape index (κ3) is 1.92. The molecule has 0 aliphatic rings. The first-order chi connectivity index (χ1) is 10.8. The van der Waals surface area contributed by atoms with Crippen molar-refractivity contribution in [1.82, 2.24) is 14.6 Å². The van der Waals surface area contributed by atoms with Crippen molar-refractivity contribution in [3.05, 3.63) is 60.3 Å². The van der Waals surface area contributed by atoms with Gasteiger partial charge < -0.3 is 5.32 Å². The summed E-state index contributed by atoms with van der Waals surface area (Å²) in [7, 11) is 1.90. The molecule has 4 nitrogen and oxygen atoms in total. The molecule has 22 heavy (non-hydrogen) atoms. The topological polar surface area (TPSA) is 42.2 Å². The molecule has 4 aromatic rings. The van der Waals surface area contributed by atoms with E-state index in [2.05, 4.69) is 52.8 Å². The molecule has 0 aliphatic carbocycles. The molecule has 0 unspecified atom stereocenters. The minimum absolute atomic E-state index is 0.854. The van der Waals surface area contributed by atoms with E-state index < -0.39 is 0 Å². The third-order valence-electron chi connectivity index (χ3n) is 3.88. The molecule has 2 aromatic carbocycles. The molecule has 0 saturated heterocycles. The Hall–Kier alpha value is -2.88. The van der Waals surface area contributed by atoms with E-state index in [1.165, 1.54) is 10.8 Å². The molecule has 108 valence electrons. The number of benzene rings is 2. The van der Waals surface area contributed by atoms with Crippen molar-refractivity contribution in [3.8, 4) is 11.3 Å². The van der Waals surface area contributed by atoms with Crippen LogP contribution in [0.1, 0.15) is 5.69 Å². The van der Waals surface area contributed by atoms with Crippen molar-refractivity contribution in [3.63, 3.8) is 0 Å². The van der Waals surface area contributed by atoms with E-state index >= 15 is 0 Å². The zero-order chi connectivity index (χ0) is 15.1.